The van der Waals surface area contributed by atoms with E-state index in [0.717, 1.165) is 11.3 Å². The van der Waals surface area contributed by atoms with Gasteiger partial charge in [0, 0.05) is 25.3 Å². The summed E-state index contributed by atoms with van der Waals surface area (Å²) in [4.78, 5) is 14.1. The molecule has 0 spiro atoms. The van der Waals surface area contributed by atoms with E-state index >= 15 is 0 Å². The highest BCUT2D eigenvalue weighted by Crippen LogP contribution is 2.25. The van der Waals surface area contributed by atoms with E-state index in [0.29, 0.717) is 25.2 Å². The van der Waals surface area contributed by atoms with Gasteiger partial charge >= 0.3 is 0 Å². The van der Waals surface area contributed by atoms with Gasteiger partial charge in [0.2, 0.25) is 0 Å². The SMILES string of the molecule is COc1ccc(CN2CCNC(=O)c3ccccc32)cc1F. The molecular formula is C17H17FN2O2. The van der Waals surface area contributed by atoms with Crippen LogP contribution in [0.1, 0.15) is 15.9 Å². The van der Waals surface area contributed by atoms with Gasteiger partial charge in [-0.2, -0.15) is 0 Å². The molecular weight excluding hydrogens is 283 g/mol. The highest BCUT2D eigenvalue weighted by Gasteiger charge is 2.20. The zero-order valence-corrected chi connectivity index (χ0v) is 12.3. The summed E-state index contributed by atoms with van der Waals surface area (Å²) in [5.41, 5.74) is 2.35. The lowest BCUT2D eigenvalue weighted by molar-refractivity contribution is 0.0958. The van der Waals surface area contributed by atoms with Crippen molar-refractivity contribution in [3.63, 3.8) is 0 Å². The average Bonchev–Trinajstić information content (AvgIpc) is 2.68. The van der Waals surface area contributed by atoms with Gasteiger partial charge in [-0.25, -0.2) is 4.39 Å². The fraction of sp³-hybridized carbons (Fsp3) is 0.235. The van der Waals surface area contributed by atoms with E-state index in [-0.39, 0.29) is 17.5 Å². The number of para-hydroxylation sites is 1. The van der Waals surface area contributed by atoms with Crippen molar-refractivity contribution in [2.45, 2.75) is 6.54 Å². The van der Waals surface area contributed by atoms with E-state index in [1.165, 1.54) is 13.2 Å². The fourth-order valence-electron chi connectivity index (χ4n) is 2.65. The van der Waals surface area contributed by atoms with Crippen LogP contribution < -0.4 is 15.0 Å². The van der Waals surface area contributed by atoms with Gasteiger partial charge in [-0.3, -0.25) is 4.79 Å². The molecule has 2 aromatic rings. The van der Waals surface area contributed by atoms with Gasteiger partial charge < -0.3 is 15.0 Å². The van der Waals surface area contributed by atoms with Gasteiger partial charge in [-0.15, -0.1) is 0 Å². The van der Waals surface area contributed by atoms with Crippen molar-refractivity contribution in [3.05, 3.63) is 59.4 Å². The van der Waals surface area contributed by atoms with Crippen molar-refractivity contribution < 1.29 is 13.9 Å². The van der Waals surface area contributed by atoms with E-state index in [1.807, 2.05) is 24.3 Å². The van der Waals surface area contributed by atoms with Crippen molar-refractivity contribution in [2.24, 2.45) is 0 Å². The lowest BCUT2D eigenvalue weighted by atomic mass is 10.1. The Hall–Kier alpha value is -2.56. The largest absolute Gasteiger partial charge is 0.494 e. The summed E-state index contributed by atoms with van der Waals surface area (Å²) in [6, 6.07) is 12.4. The molecule has 1 heterocycles. The van der Waals surface area contributed by atoms with Crippen molar-refractivity contribution in [3.8, 4) is 5.75 Å². The number of carbonyl (C=O) groups excluding carboxylic acids is 1. The molecule has 114 valence electrons. The van der Waals surface area contributed by atoms with Gasteiger partial charge in [0.15, 0.2) is 11.6 Å². The zero-order chi connectivity index (χ0) is 15.5. The molecule has 4 nitrogen and oxygen atoms in total. The molecule has 0 unspecified atom stereocenters. The van der Waals surface area contributed by atoms with E-state index < -0.39 is 0 Å². The smallest absolute Gasteiger partial charge is 0.253 e. The lowest BCUT2D eigenvalue weighted by Gasteiger charge is -2.24. The molecule has 22 heavy (non-hydrogen) atoms. The molecule has 2 aromatic carbocycles. The van der Waals surface area contributed by atoms with Crippen LogP contribution in [-0.2, 0) is 6.54 Å². The van der Waals surface area contributed by atoms with Crippen LogP contribution in [0.5, 0.6) is 5.75 Å². The molecule has 0 saturated carbocycles. The first-order valence-corrected chi connectivity index (χ1v) is 7.13. The molecule has 5 heteroatoms. The first kappa shape index (κ1) is 14.4. The first-order valence-electron chi connectivity index (χ1n) is 7.13. The lowest BCUT2D eigenvalue weighted by Crippen LogP contribution is -2.29. The molecule has 0 aliphatic carbocycles. The second-order valence-electron chi connectivity index (χ2n) is 5.16. The van der Waals surface area contributed by atoms with Crippen LogP contribution in [0.15, 0.2) is 42.5 Å². The Bertz CT molecular complexity index is 703. The molecule has 0 saturated heterocycles. The number of nitrogens with zero attached hydrogens (tertiary/aromatic N) is 1. The maximum absolute atomic E-state index is 13.8. The Morgan fingerprint density at radius 3 is 2.86 bits per heavy atom. The Balaban J connectivity index is 1.90. The molecule has 1 aliphatic rings. The number of hydrogen-bond acceptors (Lipinski definition) is 3. The zero-order valence-electron chi connectivity index (χ0n) is 12.3. The van der Waals surface area contributed by atoms with E-state index in [9.17, 15) is 9.18 Å². The van der Waals surface area contributed by atoms with Gasteiger partial charge in [-0.1, -0.05) is 18.2 Å². The number of benzene rings is 2. The van der Waals surface area contributed by atoms with Crippen molar-refractivity contribution >= 4 is 11.6 Å². The molecule has 0 radical (unpaired) electrons. The minimum Gasteiger partial charge on any atom is -0.494 e. The summed E-state index contributed by atoms with van der Waals surface area (Å²) in [7, 11) is 1.44. The number of methoxy groups -OCH3 is 1. The molecule has 0 atom stereocenters. The number of hydrogen-bond donors (Lipinski definition) is 1. The van der Waals surface area contributed by atoms with Crippen LogP contribution in [0, 0.1) is 5.82 Å². The van der Waals surface area contributed by atoms with Gasteiger partial charge in [0.1, 0.15) is 0 Å². The third-order valence-corrected chi connectivity index (χ3v) is 3.75. The second kappa shape index (κ2) is 6.05. The normalized spacial score (nSPS) is 14.1. The van der Waals surface area contributed by atoms with Gasteiger partial charge in [0.05, 0.1) is 12.7 Å². The number of rotatable bonds is 3. The van der Waals surface area contributed by atoms with Crippen LogP contribution in [0.2, 0.25) is 0 Å². The van der Waals surface area contributed by atoms with Crippen molar-refractivity contribution in [2.75, 3.05) is 25.1 Å². The Morgan fingerprint density at radius 1 is 1.27 bits per heavy atom. The van der Waals surface area contributed by atoms with Crippen molar-refractivity contribution in [1.82, 2.24) is 5.32 Å². The molecule has 1 aliphatic heterocycles. The molecule has 0 bridgehead atoms. The fourth-order valence-corrected chi connectivity index (χ4v) is 2.65. The van der Waals surface area contributed by atoms with E-state index in [2.05, 4.69) is 10.2 Å². The number of ether oxygens (including phenoxy) is 1. The predicted octanol–water partition coefficient (Wildman–Crippen LogP) is 2.58. The topological polar surface area (TPSA) is 41.6 Å². The van der Waals surface area contributed by atoms with Gasteiger partial charge in [0.25, 0.3) is 5.91 Å². The van der Waals surface area contributed by atoms with Gasteiger partial charge in [-0.05, 0) is 29.8 Å². The van der Waals surface area contributed by atoms with Crippen molar-refractivity contribution in [1.29, 1.82) is 0 Å². The average molecular weight is 300 g/mol. The standard InChI is InChI=1S/C17H17FN2O2/c1-22-16-7-6-12(10-14(16)18)11-20-9-8-19-17(21)13-4-2-3-5-15(13)20/h2-7,10H,8-9,11H2,1H3,(H,19,21). The van der Waals surface area contributed by atoms with Crippen LogP contribution in [0.4, 0.5) is 10.1 Å². The summed E-state index contributed by atoms with van der Waals surface area (Å²) < 4.78 is 18.8. The number of halogens is 1. The summed E-state index contributed by atoms with van der Waals surface area (Å²) in [6.07, 6.45) is 0. The van der Waals surface area contributed by atoms with Crippen LogP contribution in [-0.4, -0.2) is 26.1 Å². The third-order valence-electron chi connectivity index (χ3n) is 3.75. The summed E-state index contributed by atoms with van der Waals surface area (Å²) in [5.74, 6) is -0.215. The molecule has 0 fully saturated rings. The number of fused-ring (bicyclic) bond motifs is 1. The van der Waals surface area contributed by atoms with Crippen LogP contribution >= 0.6 is 0 Å². The monoisotopic (exact) mass is 300 g/mol. The second-order valence-corrected chi connectivity index (χ2v) is 5.16. The minimum absolute atomic E-state index is 0.0704. The molecule has 3 rings (SSSR count). The van der Waals surface area contributed by atoms with Crippen LogP contribution in [0.3, 0.4) is 0 Å². The first-order chi connectivity index (χ1) is 10.7. The minimum atomic E-state index is -0.377. The molecule has 1 N–H and O–H groups in total. The Kier molecular flexibility index (Phi) is 3.96. The van der Waals surface area contributed by atoms with E-state index in [1.54, 1.807) is 12.1 Å². The Labute approximate surface area is 128 Å². The number of anilines is 1. The van der Waals surface area contributed by atoms with E-state index in [4.69, 9.17) is 4.74 Å². The number of nitrogens with one attached hydrogen (secondary N) is 1. The maximum atomic E-state index is 13.8. The van der Waals surface area contributed by atoms with Crippen LogP contribution in [0.25, 0.3) is 0 Å². The molecule has 0 aromatic heterocycles. The quantitative estimate of drug-likeness (QED) is 0.947. The number of amides is 1. The third kappa shape index (κ3) is 2.74. The number of carbonyl (C=O) groups is 1. The summed E-state index contributed by atoms with van der Waals surface area (Å²) in [6.45, 7) is 1.77. The molecule has 1 amide bonds. The highest BCUT2D eigenvalue weighted by molar-refractivity contribution is 6.00. The summed E-state index contributed by atoms with van der Waals surface area (Å²) >= 11 is 0. The predicted molar refractivity (Wildman–Crippen MR) is 82.8 cm³/mol. The summed E-state index contributed by atoms with van der Waals surface area (Å²) in [5, 5.41) is 2.87. The highest BCUT2D eigenvalue weighted by atomic mass is 19.1. The maximum Gasteiger partial charge on any atom is 0.253 e. The Morgan fingerprint density at radius 2 is 2.09 bits per heavy atom.